The van der Waals surface area contributed by atoms with Crippen LogP contribution in [0.2, 0.25) is 0 Å². The highest BCUT2D eigenvalue weighted by molar-refractivity contribution is 5.84. The Kier molecular flexibility index (Phi) is 3.87. The van der Waals surface area contributed by atoms with Crippen molar-refractivity contribution in [1.29, 1.82) is 0 Å². The molecule has 1 aromatic carbocycles. The number of nitrogens with zero attached hydrogens (tertiary/aromatic N) is 3. The Morgan fingerprint density at radius 2 is 2.04 bits per heavy atom. The SMILES string of the molecule is CCC1CN(c2cc3ccccc3[nH]2)CCC1N1CCN(C)C1=O. The van der Waals surface area contributed by atoms with E-state index in [9.17, 15) is 4.79 Å². The maximum absolute atomic E-state index is 12.4. The number of amides is 2. The normalized spacial score (nSPS) is 25.1. The van der Waals surface area contributed by atoms with E-state index in [1.807, 2.05) is 11.9 Å². The molecule has 2 aliphatic heterocycles. The number of piperidine rings is 1. The minimum atomic E-state index is 0.206. The average molecular weight is 326 g/mol. The molecule has 0 bridgehead atoms. The Balaban J connectivity index is 1.52. The molecule has 3 heterocycles. The zero-order valence-electron chi connectivity index (χ0n) is 14.5. The summed E-state index contributed by atoms with van der Waals surface area (Å²) in [5.41, 5.74) is 1.19. The van der Waals surface area contributed by atoms with Gasteiger partial charge in [0.1, 0.15) is 5.82 Å². The summed E-state index contributed by atoms with van der Waals surface area (Å²) in [7, 11) is 1.91. The summed E-state index contributed by atoms with van der Waals surface area (Å²) in [5.74, 6) is 1.73. The van der Waals surface area contributed by atoms with Gasteiger partial charge in [-0.3, -0.25) is 0 Å². The van der Waals surface area contributed by atoms with Crippen LogP contribution in [-0.4, -0.2) is 60.1 Å². The summed E-state index contributed by atoms with van der Waals surface area (Å²) >= 11 is 0. The fraction of sp³-hybridized carbons (Fsp3) is 0.526. The van der Waals surface area contributed by atoms with Crippen LogP contribution in [0, 0.1) is 5.92 Å². The van der Waals surface area contributed by atoms with Crippen LogP contribution in [0.25, 0.3) is 10.9 Å². The number of aromatic nitrogens is 1. The van der Waals surface area contributed by atoms with Crippen molar-refractivity contribution < 1.29 is 4.79 Å². The molecule has 5 heteroatoms. The fourth-order valence-corrected chi connectivity index (χ4v) is 4.25. The molecular formula is C19H26N4O. The van der Waals surface area contributed by atoms with Crippen LogP contribution < -0.4 is 4.90 Å². The minimum absolute atomic E-state index is 0.206. The van der Waals surface area contributed by atoms with Gasteiger partial charge in [-0.15, -0.1) is 0 Å². The number of rotatable bonds is 3. The molecule has 2 unspecified atom stereocenters. The highest BCUT2D eigenvalue weighted by atomic mass is 16.2. The predicted molar refractivity (Wildman–Crippen MR) is 97.4 cm³/mol. The van der Waals surface area contributed by atoms with Gasteiger partial charge < -0.3 is 19.7 Å². The van der Waals surface area contributed by atoms with Gasteiger partial charge in [-0.25, -0.2) is 4.79 Å². The summed E-state index contributed by atoms with van der Waals surface area (Å²) < 4.78 is 0. The molecule has 1 aromatic heterocycles. The minimum Gasteiger partial charge on any atom is -0.358 e. The van der Waals surface area contributed by atoms with Crippen LogP contribution >= 0.6 is 0 Å². The van der Waals surface area contributed by atoms with E-state index in [1.54, 1.807) is 0 Å². The number of carbonyl (C=O) groups is 1. The first-order valence-corrected chi connectivity index (χ1v) is 9.02. The van der Waals surface area contributed by atoms with E-state index in [2.05, 4.69) is 52.0 Å². The summed E-state index contributed by atoms with van der Waals surface area (Å²) in [6, 6.07) is 11.3. The predicted octanol–water partition coefficient (Wildman–Crippen LogP) is 3.14. The third-order valence-corrected chi connectivity index (χ3v) is 5.72. The molecule has 1 N–H and O–H groups in total. The van der Waals surface area contributed by atoms with E-state index in [4.69, 9.17) is 0 Å². The molecule has 2 aliphatic rings. The van der Waals surface area contributed by atoms with Crippen LogP contribution in [-0.2, 0) is 0 Å². The Morgan fingerprint density at radius 3 is 2.75 bits per heavy atom. The lowest BCUT2D eigenvalue weighted by molar-refractivity contribution is 0.145. The molecular weight excluding hydrogens is 300 g/mol. The van der Waals surface area contributed by atoms with Crippen molar-refractivity contribution in [2.75, 3.05) is 38.1 Å². The zero-order valence-corrected chi connectivity index (χ0v) is 14.5. The largest absolute Gasteiger partial charge is 0.358 e. The third kappa shape index (κ3) is 2.52. The number of benzene rings is 1. The van der Waals surface area contributed by atoms with Gasteiger partial charge in [0, 0.05) is 50.2 Å². The van der Waals surface area contributed by atoms with Gasteiger partial charge >= 0.3 is 6.03 Å². The summed E-state index contributed by atoms with van der Waals surface area (Å²) in [6.45, 7) is 6.00. The highest BCUT2D eigenvalue weighted by Crippen LogP contribution is 2.31. The van der Waals surface area contributed by atoms with E-state index < -0.39 is 0 Å². The Hall–Kier alpha value is -2.17. The van der Waals surface area contributed by atoms with Gasteiger partial charge in [-0.05, 0) is 30.9 Å². The van der Waals surface area contributed by atoms with Crippen molar-refractivity contribution >= 4 is 22.8 Å². The summed E-state index contributed by atoms with van der Waals surface area (Å²) in [6.07, 6.45) is 2.16. The zero-order chi connectivity index (χ0) is 16.7. The number of fused-ring (bicyclic) bond motifs is 1. The second-order valence-corrected chi connectivity index (χ2v) is 7.11. The highest BCUT2D eigenvalue weighted by Gasteiger charge is 2.38. The lowest BCUT2D eigenvalue weighted by Gasteiger charge is -2.42. The van der Waals surface area contributed by atoms with Gasteiger partial charge in [0.25, 0.3) is 0 Å². The summed E-state index contributed by atoms with van der Waals surface area (Å²) in [5, 5.41) is 1.26. The second-order valence-electron chi connectivity index (χ2n) is 7.11. The first kappa shape index (κ1) is 15.4. The van der Waals surface area contributed by atoms with E-state index in [0.717, 1.165) is 39.0 Å². The molecule has 2 atom stereocenters. The monoisotopic (exact) mass is 326 g/mol. The third-order valence-electron chi connectivity index (χ3n) is 5.72. The number of nitrogens with one attached hydrogen (secondary N) is 1. The van der Waals surface area contributed by atoms with Crippen LogP contribution in [0.4, 0.5) is 10.6 Å². The van der Waals surface area contributed by atoms with Gasteiger partial charge in [0.05, 0.1) is 0 Å². The number of hydrogen-bond acceptors (Lipinski definition) is 2. The molecule has 5 nitrogen and oxygen atoms in total. The van der Waals surface area contributed by atoms with Crippen LogP contribution in [0.5, 0.6) is 0 Å². The molecule has 24 heavy (non-hydrogen) atoms. The lowest BCUT2D eigenvalue weighted by atomic mass is 9.89. The van der Waals surface area contributed by atoms with Gasteiger partial charge in [-0.1, -0.05) is 25.1 Å². The molecule has 0 saturated carbocycles. The number of aromatic amines is 1. The molecule has 2 aromatic rings. The molecule has 4 rings (SSSR count). The fourth-order valence-electron chi connectivity index (χ4n) is 4.25. The van der Waals surface area contributed by atoms with E-state index in [1.165, 1.54) is 16.7 Å². The molecule has 128 valence electrons. The van der Waals surface area contributed by atoms with Crippen molar-refractivity contribution in [3.8, 4) is 0 Å². The number of urea groups is 1. The second kappa shape index (κ2) is 6.04. The number of likely N-dealkylation sites (N-methyl/N-ethyl adjacent to an activating group) is 1. The van der Waals surface area contributed by atoms with Crippen molar-refractivity contribution in [1.82, 2.24) is 14.8 Å². The van der Waals surface area contributed by atoms with E-state index >= 15 is 0 Å². The number of para-hydroxylation sites is 1. The molecule has 2 fully saturated rings. The number of H-pyrrole nitrogens is 1. The Labute approximate surface area is 143 Å². The quantitative estimate of drug-likeness (QED) is 0.941. The lowest BCUT2D eigenvalue weighted by Crippen LogP contribution is -2.52. The molecule has 0 spiro atoms. The topological polar surface area (TPSA) is 42.6 Å². The van der Waals surface area contributed by atoms with Crippen molar-refractivity contribution in [3.63, 3.8) is 0 Å². The van der Waals surface area contributed by atoms with E-state index in [-0.39, 0.29) is 6.03 Å². The number of anilines is 1. The van der Waals surface area contributed by atoms with E-state index in [0.29, 0.717) is 12.0 Å². The number of hydrogen-bond donors (Lipinski definition) is 1. The summed E-state index contributed by atoms with van der Waals surface area (Å²) in [4.78, 5) is 22.3. The van der Waals surface area contributed by atoms with Crippen molar-refractivity contribution in [2.45, 2.75) is 25.8 Å². The van der Waals surface area contributed by atoms with Gasteiger partial charge in [-0.2, -0.15) is 0 Å². The maximum Gasteiger partial charge on any atom is 0.320 e. The Bertz CT molecular complexity index is 707. The van der Waals surface area contributed by atoms with Crippen LogP contribution in [0.15, 0.2) is 30.3 Å². The van der Waals surface area contributed by atoms with Crippen molar-refractivity contribution in [2.24, 2.45) is 5.92 Å². The average Bonchev–Trinajstić information content (AvgIpc) is 3.18. The standard InChI is InChI=1S/C19H26N4O/c1-3-14-13-22(18-12-15-6-4-5-7-16(15)20-18)9-8-17(14)23-11-10-21(2)19(23)24/h4-7,12,14,17,20H,3,8-11,13H2,1-2H3. The van der Waals surface area contributed by atoms with Crippen LogP contribution in [0.3, 0.4) is 0 Å². The molecule has 2 amide bonds. The maximum atomic E-state index is 12.4. The first-order valence-electron chi connectivity index (χ1n) is 9.02. The van der Waals surface area contributed by atoms with Gasteiger partial charge in [0.2, 0.25) is 0 Å². The van der Waals surface area contributed by atoms with Crippen molar-refractivity contribution in [3.05, 3.63) is 30.3 Å². The van der Waals surface area contributed by atoms with Gasteiger partial charge in [0.15, 0.2) is 0 Å². The molecule has 0 aliphatic carbocycles. The number of carbonyl (C=O) groups excluding carboxylic acids is 1. The Morgan fingerprint density at radius 1 is 1.21 bits per heavy atom. The van der Waals surface area contributed by atoms with Crippen LogP contribution in [0.1, 0.15) is 19.8 Å². The molecule has 0 radical (unpaired) electrons. The smallest absolute Gasteiger partial charge is 0.320 e. The first-order chi connectivity index (χ1) is 11.7. The molecule has 2 saturated heterocycles.